The van der Waals surface area contributed by atoms with Gasteiger partial charge in [0.15, 0.2) is 15.5 Å². The molecule has 8 nitrogen and oxygen atoms in total. The molecule has 1 amide bonds. The molecular formula is C25H20ClN5O3S. The maximum atomic E-state index is 13.2. The zero-order chi connectivity index (χ0) is 24.7. The van der Waals surface area contributed by atoms with Gasteiger partial charge in [0, 0.05) is 34.0 Å². The number of fused-ring (bicyclic) bond motifs is 1. The molecule has 1 aliphatic rings. The second-order valence-electron chi connectivity index (χ2n) is 8.45. The normalized spacial score (nSPS) is 16.8. The number of halogens is 1. The number of nitrogens with zero attached hydrogens (tertiary/aromatic N) is 4. The van der Waals surface area contributed by atoms with E-state index in [0.717, 1.165) is 5.56 Å². The number of rotatable bonds is 4. The van der Waals surface area contributed by atoms with Crippen LogP contribution in [0.25, 0.3) is 28.0 Å². The highest BCUT2D eigenvalue weighted by Crippen LogP contribution is 2.35. The Kier molecular flexibility index (Phi) is 5.79. The van der Waals surface area contributed by atoms with Gasteiger partial charge in [-0.2, -0.15) is 10.4 Å². The van der Waals surface area contributed by atoms with E-state index in [1.54, 1.807) is 41.9 Å². The van der Waals surface area contributed by atoms with Crippen molar-refractivity contribution in [2.75, 3.05) is 11.5 Å². The molecule has 4 aromatic rings. The van der Waals surface area contributed by atoms with Gasteiger partial charge in [0.05, 0.1) is 34.5 Å². The third-order valence-electron chi connectivity index (χ3n) is 6.07. The van der Waals surface area contributed by atoms with Crippen molar-refractivity contribution in [3.05, 3.63) is 76.6 Å². The predicted molar refractivity (Wildman–Crippen MR) is 133 cm³/mol. The lowest BCUT2D eigenvalue weighted by molar-refractivity contribution is 0.0942. The summed E-state index contributed by atoms with van der Waals surface area (Å²) in [6, 6.07) is 16.2. The molecule has 35 heavy (non-hydrogen) atoms. The molecule has 2 aromatic heterocycles. The van der Waals surface area contributed by atoms with Crippen molar-refractivity contribution in [3.8, 4) is 28.5 Å². The minimum absolute atomic E-state index is 0.0618. The molecule has 0 unspecified atom stereocenters. The zero-order valence-corrected chi connectivity index (χ0v) is 20.3. The summed E-state index contributed by atoms with van der Waals surface area (Å²) in [6.07, 6.45) is 2.01. The third-order valence-corrected chi connectivity index (χ3v) is 8.09. The third kappa shape index (κ3) is 4.27. The SMILES string of the molecule is Cc1nn2c(-c3ccc(Cl)cc3)c(-c3ccccc3C#N)cnc2c1C(=O)N[C@@H]1CCS(=O)(=O)C1. The highest BCUT2D eigenvalue weighted by molar-refractivity contribution is 7.91. The van der Waals surface area contributed by atoms with Crippen LogP contribution in [0, 0.1) is 18.3 Å². The van der Waals surface area contributed by atoms with E-state index in [9.17, 15) is 18.5 Å². The first kappa shape index (κ1) is 23.0. The number of nitriles is 1. The Bertz CT molecular complexity index is 1620. The van der Waals surface area contributed by atoms with E-state index in [2.05, 4.69) is 21.5 Å². The molecule has 176 valence electrons. The topological polar surface area (TPSA) is 117 Å². The number of hydrogen-bond donors (Lipinski definition) is 1. The Hall–Kier alpha value is -3.74. The Morgan fingerprint density at radius 3 is 2.60 bits per heavy atom. The molecule has 1 N–H and O–H groups in total. The number of benzene rings is 2. The Morgan fingerprint density at radius 2 is 1.91 bits per heavy atom. The number of aryl methyl sites for hydroxylation is 1. The van der Waals surface area contributed by atoms with E-state index < -0.39 is 21.8 Å². The Morgan fingerprint density at radius 1 is 1.17 bits per heavy atom. The van der Waals surface area contributed by atoms with E-state index >= 15 is 0 Å². The zero-order valence-electron chi connectivity index (χ0n) is 18.7. The monoisotopic (exact) mass is 505 g/mol. The lowest BCUT2D eigenvalue weighted by atomic mass is 9.97. The van der Waals surface area contributed by atoms with Gasteiger partial charge in [0.25, 0.3) is 5.91 Å². The molecule has 0 spiro atoms. The summed E-state index contributed by atoms with van der Waals surface area (Å²) in [5, 5.41) is 17.7. The van der Waals surface area contributed by atoms with Crippen LogP contribution in [0.15, 0.2) is 54.7 Å². The number of carbonyl (C=O) groups is 1. The van der Waals surface area contributed by atoms with E-state index in [1.807, 2.05) is 24.3 Å². The fraction of sp³-hybridized carbons (Fsp3) is 0.200. The highest BCUT2D eigenvalue weighted by atomic mass is 35.5. The summed E-state index contributed by atoms with van der Waals surface area (Å²) in [7, 11) is -3.14. The molecule has 0 bridgehead atoms. The first-order valence-electron chi connectivity index (χ1n) is 10.9. The summed E-state index contributed by atoms with van der Waals surface area (Å²) in [6.45, 7) is 1.71. The second-order valence-corrected chi connectivity index (χ2v) is 11.1. The number of nitrogens with one attached hydrogen (secondary N) is 1. The molecule has 1 saturated heterocycles. The minimum atomic E-state index is -3.14. The number of aromatic nitrogens is 3. The molecule has 10 heteroatoms. The summed E-state index contributed by atoms with van der Waals surface area (Å²) in [4.78, 5) is 17.8. The largest absolute Gasteiger partial charge is 0.348 e. The molecule has 1 fully saturated rings. The number of sulfone groups is 1. The maximum absolute atomic E-state index is 13.2. The van der Waals surface area contributed by atoms with E-state index in [1.165, 1.54) is 0 Å². The van der Waals surface area contributed by atoms with Gasteiger partial charge in [-0.05, 0) is 31.5 Å². The second kappa shape index (κ2) is 8.80. The summed E-state index contributed by atoms with van der Waals surface area (Å²) >= 11 is 6.12. The lowest BCUT2D eigenvalue weighted by Crippen LogP contribution is -2.35. The molecule has 0 aliphatic carbocycles. The molecule has 0 saturated carbocycles. The lowest BCUT2D eigenvalue weighted by Gasteiger charge is -2.14. The molecule has 1 aliphatic heterocycles. The molecule has 5 rings (SSSR count). The quantitative estimate of drug-likeness (QED) is 0.450. The van der Waals surface area contributed by atoms with Crippen molar-refractivity contribution in [1.29, 1.82) is 5.26 Å². The van der Waals surface area contributed by atoms with Crippen LogP contribution in [0.4, 0.5) is 0 Å². The van der Waals surface area contributed by atoms with Crippen LogP contribution in [-0.2, 0) is 9.84 Å². The molecular weight excluding hydrogens is 486 g/mol. The summed E-state index contributed by atoms with van der Waals surface area (Å²) < 4.78 is 25.3. The van der Waals surface area contributed by atoms with Gasteiger partial charge >= 0.3 is 0 Å². The fourth-order valence-electron chi connectivity index (χ4n) is 4.42. The highest BCUT2D eigenvalue weighted by Gasteiger charge is 2.31. The first-order valence-corrected chi connectivity index (χ1v) is 13.1. The molecule has 2 aromatic carbocycles. The van der Waals surface area contributed by atoms with Crippen molar-refractivity contribution in [3.63, 3.8) is 0 Å². The summed E-state index contributed by atoms with van der Waals surface area (Å²) in [5.41, 5.74) is 4.34. The Labute approximate surface area is 207 Å². The van der Waals surface area contributed by atoms with Gasteiger partial charge in [0.2, 0.25) is 0 Å². The van der Waals surface area contributed by atoms with Crippen molar-refractivity contribution >= 4 is 33.0 Å². The van der Waals surface area contributed by atoms with Crippen LogP contribution in [0.2, 0.25) is 5.02 Å². The maximum Gasteiger partial charge on any atom is 0.257 e. The first-order chi connectivity index (χ1) is 16.8. The van der Waals surface area contributed by atoms with Gasteiger partial charge in [0.1, 0.15) is 5.56 Å². The van der Waals surface area contributed by atoms with Crippen molar-refractivity contribution in [2.45, 2.75) is 19.4 Å². The number of amides is 1. The van der Waals surface area contributed by atoms with Crippen LogP contribution in [0.5, 0.6) is 0 Å². The van der Waals surface area contributed by atoms with E-state index in [4.69, 9.17) is 11.6 Å². The number of carbonyl (C=O) groups excluding carboxylic acids is 1. The van der Waals surface area contributed by atoms with Gasteiger partial charge in [-0.1, -0.05) is 41.9 Å². The smallest absolute Gasteiger partial charge is 0.257 e. The molecule has 3 heterocycles. The van der Waals surface area contributed by atoms with Gasteiger partial charge < -0.3 is 5.32 Å². The van der Waals surface area contributed by atoms with Crippen LogP contribution in [-0.4, -0.2) is 46.5 Å². The van der Waals surface area contributed by atoms with Crippen LogP contribution < -0.4 is 5.32 Å². The average molecular weight is 506 g/mol. The predicted octanol–water partition coefficient (Wildman–Crippen LogP) is 3.81. The molecule has 1 atom stereocenters. The van der Waals surface area contributed by atoms with Crippen molar-refractivity contribution in [1.82, 2.24) is 19.9 Å². The van der Waals surface area contributed by atoms with Gasteiger partial charge in [-0.3, -0.25) is 4.79 Å². The number of hydrogen-bond acceptors (Lipinski definition) is 6. The van der Waals surface area contributed by atoms with Gasteiger partial charge in [-0.15, -0.1) is 0 Å². The minimum Gasteiger partial charge on any atom is -0.348 e. The van der Waals surface area contributed by atoms with E-state index in [0.29, 0.717) is 45.2 Å². The fourth-order valence-corrected chi connectivity index (χ4v) is 6.22. The van der Waals surface area contributed by atoms with Crippen LogP contribution in [0.1, 0.15) is 28.0 Å². The standard InChI is InChI=1S/C25H20ClN5O3S/c1-15-22(25(32)29-19-10-11-35(33,34)14-19)24-28-13-21(20-5-3-2-4-17(20)12-27)23(31(24)30-15)16-6-8-18(26)9-7-16/h2-9,13,19H,10-11,14H2,1H3,(H,29,32)/t19-/m1/s1. The van der Waals surface area contributed by atoms with Crippen molar-refractivity contribution in [2.24, 2.45) is 0 Å². The Balaban J connectivity index is 1.69. The summed E-state index contributed by atoms with van der Waals surface area (Å²) in [5.74, 6) is -0.429. The van der Waals surface area contributed by atoms with Gasteiger partial charge in [-0.25, -0.2) is 17.9 Å². The van der Waals surface area contributed by atoms with Crippen molar-refractivity contribution < 1.29 is 13.2 Å². The molecule has 0 radical (unpaired) electrons. The van der Waals surface area contributed by atoms with Crippen LogP contribution in [0.3, 0.4) is 0 Å². The average Bonchev–Trinajstić information content (AvgIpc) is 3.36. The van der Waals surface area contributed by atoms with Crippen LogP contribution >= 0.6 is 11.6 Å². The van der Waals surface area contributed by atoms with E-state index in [-0.39, 0.29) is 17.1 Å².